The lowest BCUT2D eigenvalue weighted by Crippen LogP contribution is -1.97. The highest BCUT2D eigenvalue weighted by Gasteiger charge is 2.01. The Hall–Kier alpha value is -0.510. The van der Waals surface area contributed by atoms with Crippen molar-refractivity contribution in [1.82, 2.24) is 0 Å². The standard InChI is InChI=1S/C7H12N/c1-6(2)4-7(3)5-8/h4,6-7H,1-3H3. The maximum Gasteiger partial charge on any atom is 0.0656 e. The van der Waals surface area contributed by atoms with E-state index in [9.17, 15) is 0 Å². The molecule has 1 heteroatoms. The molecule has 0 aromatic rings. The van der Waals surface area contributed by atoms with E-state index in [1.165, 1.54) is 0 Å². The van der Waals surface area contributed by atoms with Crippen molar-refractivity contribution in [3.8, 4) is 6.07 Å². The van der Waals surface area contributed by atoms with Gasteiger partial charge in [-0.15, -0.1) is 0 Å². The Bertz CT molecular complexity index is 89.1. The monoisotopic (exact) mass is 110 g/mol. The molecule has 45 valence electrons. The van der Waals surface area contributed by atoms with Gasteiger partial charge in [0, 0.05) is 5.92 Å². The smallest absolute Gasteiger partial charge is 0.0656 e. The first-order chi connectivity index (χ1) is 3.66. The fourth-order valence-corrected chi connectivity index (χ4v) is 0.620. The molecule has 0 aliphatic carbocycles. The number of rotatable bonds is 2. The van der Waals surface area contributed by atoms with Crippen LogP contribution in [0, 0.1) is 29.6 Å². The molecule has 1 nitrogen and oxygen atoms in total. The lowest BCUT2D eigenvalue weighted by molar-refractivity contribution is 0.661. The number of nitrogens with zero attached hydrogens (tertiary/aromatic N) is 1. The van der Waals surface area contributed by atoms with Crippen LogP contribution in [0.2, 0.25) is 0 Å². The number of nitriles is 1. The van der Waals surface area contributed by atoms with Gasteiger partial charge in [0.2, 0.25) is 0 Å². The van der Waals surface area contributed by atoms with Gasteiger partial charge in [0.15, 0.2) is 0 Å². The molecule has 0 N–H and O–H groups in total. The molecule has 0 saturated heterocycles. The second-order valence-electron chi connectivity index (χ2n) is 2.35. The summed E-state index contributed by atoms with van der Waals surface area (Å²) in [7, 11) is 0. The quantitative estimate of drug-likeness (QED) is 0.533. The fourth-order valence-electron chi connectivity index (χ4n) is 0.620. The Labute approximate surface area is 51.3 Å². The SMILES string of the molecule is CC(C)[CH]C(C)C#N. The molecule has 0 aromatic heterocycles. The average molecular weight is 110 g/mol. The minimum absolute atomic E-state index is 0.106. The number of hydrogen-bond acceptors (Lipinski definition) is 1. The Morgan fingerprint density at radius 3 is 2.00 bits per heavy atom. The Morgan fingerprint density at radius 1 is 1.38 bits per heavy atom. The van der Waals surface area contributed by atoms with Crippen LogP contribution in [0.1, 0.15) is 20.8 Å². The Balaban J connectivity index is 3.28. The van der Waals surface area contributed by atoms with Crippen molar-refractivity contribution in [3.63, 3.8) is 0 Å². The van der Waals surface area contributed by atoms with Crippen LogP contribution in [0.25, 0.3) is 0 Å². The van der Waals surface area contributed by atoms with Crippen LogP contribution in [0.3, 0.4) is 0 Å². The predicted molar refractivity (Wildman–Crippen MR) is 33.9 cm³/mol. The van der Waals surface area contributed by atoms with Gasteiger partial charge in [-0.25, -0.2) is 0 Å². The van der Waals surface area contributed by atoms with Crippen molar-refractivity contribution in [2.75, 3.05) is 0 Å². The molecule has 0 amide bonds. The summed E-state index contributed by atoms with van der Waals surface area (Å²) in [5.74, 6) is 0.639. The molecule has 8 heavy (non-hydrogen) atoms. The largest absolute Gasteiger partial charge is 0.198 e. The van der Waals surface area contributed by atoms with Gasteiger partial charge in [-0.2, -0.15) is 5.26 Å². The van der Waals surface area contributed by atoms with Crippen molar-refractivity contribution in [1.29, 1.82) is 5.26 Å². The highest BCUT2D eigenvalue weighted by molar-refractivity contribution is 4.91. The average Bonchev–Trinajstić information content (AvgIpc) is 1.65. The van der Waals surface area contributed by atoms with Crippen LogP contribution in [0.5, 0.6) is 0 Å². The van der Waals surface area contributed by atoms with E-state index >= 15 is 0 Å². The molecule has 1 radical (unpaired) electrons. The van der Waals surface area contributed by atoms with Gasteiger partial charge in [0.05, 0.1) is 6.07 Å². The molecule has 0 heterocycles. The molecule has 0 aliphatic heterocycles. The first-order valence-corrected chi connectivity index (χ1v) is 2.91. The van der Waals surface area contributed by atoms with Gasteiger partial charge in [0.25, 0.3) is 0 Å². The maximum atomic E-state index is 8.30. The third-order valence-corrected chi connectivity index (χ3v) is 0.877. The van der Waals surface area contributed by atoms with Gasteiger partial charge in [-0.05, 0) is 19.3 Å². The van der Waals surface area contributed by atoms with E-state index in [-0.39, 0.29) is 5.92 Å². The van der Waals surface area contributed by atoms with E-state index in [2.05, 4.69) is 19.9 Å². The van der Waals surface area contributed by atoms with E-state index in [1.54, 1.807) is 0 Å². The third kappa shape index (κ3) is 3.67. The Kier molecular flexibility index (Phi) is 3.26. The van der Waals surface area contributed by atoms with Gasteiger partial charge < -0.3 is 0 Å². The summed E-state index contributed by atoms with van der Waals surface area (Å²) in [5, 5.41) is 8.30. The topological polar surface area (TPSA) is 23.8 Å². The van der Waals surface area contributed by atoms with E-state index in [4.69, 9.17) is 5.26 Å². The van der Waals surface area contributed by atoms with Crippen LogP contribution in [0.15, 0.2) is 0 Å². The van der Waals surface area contributed by atoms with Gasteiger partial charge >= 0.3 is 0 Å². The van der Waals surface area contributed by atoms with Crippen molar-refractivity contribution in [2.24, 2.45) is 11.8 Å². The van der Waals surface area contributed by atoms with Crippen LogP contribution in [-0.4, -0.2) is 0 Å². The first kappa shape index (κ1) is 7.49. The highest BCUT2D eigenvalue weighted by atomic mass is 14.3. The summed E-state index contributed by atoms with van der Waals surface area (Å²) in [4.78, 5) is 0. The normalized spacial score (nSPS) is 13.4. The molecule has 0 fully saturated rings. The minimum Gasteiger partial charge on any atom is -0.198 e. The zero-order valence-electron chi connectivity index (χ0n) is 5.68. The second kappa shape index (κ2) is 3.49. The molecular formula is C7H12N. The van der Waals surface area contributed by atoms with Crippen LogP contribution in [-0.2, 0) is 0 Å². The Morgan fingerprint density at radius 2 is 1.88 bits per heavy atom. The lowest BCUT2D eigenvalue weighted by Gasteiger charge is -2.02. The van der Waals surface area contributed by atoms with Gasteiger partial charge in [-0.1, -0.05) is 13.8 Å². The van der Waals surface area contributed by atoms with Gasteiger partial charge in [0.1, 0.15) is 0 Å². The molecule has 0 bridgehead atoms. The predicted octanol–water partition coefficient (Wildman–Crippen LogP) is 2.01. The molecule has 0 aromatic carbocycles. The summed E-state index contributed by atoms with van der Waals surface area (Å²) in [6.45, 7) is 6.06. The van der Waals surface area contributed by atoms with Crippen molar-refractivity contribution in [3.05, 3.63) is 6.42 Å². The van der Waals surface area contributed by atoms with E-state index in [0.29, 0.717) is 5.92 Å². The fraction of sp³-hybridized carbons (Fsp3) is 0.714. The first-order valence-electron chi connectivity index (χ1n) is 2.91. The van der Waals surface area contributed by atoms with E-state index in [1.807, 2.05) is 13.3 Å². The van der Waals surface area contributed by atoms with Crippen LogP contribution < -0.4 is 0 Å². The summed E-state index contributed by atoms with van der Waals surface area (Å²) in [5.41, 5.74) is 0. The molecular weight excluding hydrogens is 98.1 g/mol. The molecule has 0 aliphatic rings. The van der Waals surface area contributed by atoms with Crippen molar-refractivity contribution in [2.45, 2.75) is 20.8 Å². The van der Waals surface area contributed by atoms with E-state index < -0.39 is 0 Å². The molecule has 1 atom stereocenters. The van der Waals surface area contributed by atoms with Gasteiger partial charge in [-0.3, -0.25) is 0 Å². The second-order valence-corrected chi connectivity index (χ2v) is 2.35. The maximum absolute atomic E-state index is 8.30. The summed E-state index contributed by atoms with van der Waals surface area (Å²) in [6, 6.07) is 2.14. The molecule has 0 rings (SSSR count). The summed E-state index contributed by atoms with van der Waals surface area (Å²) in [6.07, 6.45) is 2.03. The molecule has 0 spiro atoms. The summed E-state index contributed by atoms with van der Waals surface area (Å²) < 4.78 is 0. The summed E-state index contributed by atoms with van der Waals surface area (Å²) >= 11 is 0. The molecule has 0 saturated carbocycles. The molecule has 1 unspecified atom stereocenters. The number of hydrogen-bond donors (Lipinski definition) is 0. The zero-order valence-corrected chi connectivity index (χ0v) is 5.68. The lowest BCUT2D eigenvalue weighted by atomic mass is 10.0. The van der Waals surface area contributed by atoms with Crippen LogP contribution in [0.4, 0.5) is 0 Å². The minimum atomic E-state index is 0.106. The van der Waals surface area contributed by atoms with Crippen molar-refractivity contribution < 1.29 is 0 Å². The van der Waals surface area contributed by atoms with Crippen LogP contribution >= 0.6 is 0 Å². The zero-order chi connectivity index (χ0) is 6.57. The third-order valence-electron chi connectivity index (χ3n) is 0.877. The van der Waals surface area contributed by atoms with E-state index in [0.717, 1.165) is 0 Å². The van der Waals surface area contributed by atoms with Crippen molar-refractivity contribution >= 4 is 0 Å². The highest BCUT2D eigenvalue weighted by Crippen LogP contribution is 2.06.